The first-order chi connectivity index (χ1) is 6.76. The molecule has 0 aliphatic heterocycles. The zero-order chi connectivity index (χ0) is 10.4. The first-order valence-corrected chi connectivity index (χ1v) is 5.59. The Morgan fingerprint density at radius 3 is 2.79 bits per heavy atom. The van der Waals surface area contributed by atoms with E-state index in [9.17, 15) is 0 Å². The molecule has 1 aromatic rings. The van der Waals surface area contributed by atoms with Gasteiger partial charge in [-0.2, -0.15) is 0 Å². The molecule has 5 heteroatoms. The van der Waals surface area contributed by atoms with Gasteiger partial charge in [0.25, 0.3) is 0 Å². The highest BCUT2D eigenvalue weighted by Gasteiger charge is 2.10. The maximum absolute atomic E-state index is 5.13. The van der Waals surface area contributed by atoms with Crippen molar-refractivity contribution in [3.8, 4) is 0 Å². The number of aromatic nitrogens is 2. The number of aryl methyl sites for hydroxylation is 1. The molecule has 0 aliphatic rings. The number of hydrogen-bond acceptors (Lipinski definition) is 5. The first kappa shape index (κ1) is 11.6. The molecule has 0 aliphatic carbocycles. The van der Waals surface area contributed by atoms with E-state index in [1.165, 1.54) is 0 Å². The predicted octanol–water partition coefficient (Wildman–Crippen LogP) is 1.01. The van der Waals surface area contributed by atoms with E-state index in [0.29, 0.717) is 12.6 Å². The third kappa shape index (κ3) is 3.69. The lowest BCUT2D eigenvalue weighted by Gasteiger charge is -2.14. The van der Waals surface area contributed by atoms with E-state index in [1.807, 2.05) is 6.92 Å². The number of rotatable bonds is 6. The Morgan fingerprint density at radius 1 is 1.50 bits per heavy atom. The molecule has 0 fully saturated rings. The van der Waals surface area contributed by atoms with Crippen LogP contribution in [0.5, 0.6) is 0 Å². The van der Waals surface area contributed by atoms with Crippen LogP contribution in [0.15, 0.2) is 0 Å². The first-order valence-electron chi connectivity index (χ1n) is 4.77. The average Bonchev–Trinajstić information content (AvgIpc) is 2.52. The number of hydrogen-bond donors (Lipinski definition) is 1. The number of likely N-dealkylation sites (N-methyl/N-ethyl adjacent to an activating group) is 1. The summed E-state index contributed by atoms with van der Waals surface area (Å²) in [6.07, 6.45) is 0.896. The SMILES string of the molecule is CCNC(COC)Cc1nnc(C)s1. The van der Waals surface area contributed by atoms with Crippen molar-refractivity contribution in [2.75, 3.05) is 20.3 Å². The molecular formula is C9H17N3OS. The average molecular weight is 215 g/mol. The molecular weight excluding hydrogens is 198 g/mol. The molecule has 0 aromatic carbocycles. The van der Waals surface area contributed by atoms with Crippen LogP contribution in [0.1, 0.15) is 16.9 Å². The van der Waals surface area contributed by atoms with Crippen molar-refractivity contribution in [2.45, 2.75) is 26.3 Å². The summed E-state index contributed by atoms with van der Waals surface area (Å²) in [7, 11) is 1.72. The van der Waals surface area contributed by atoms with E-state index >= 15 is 0 Å². The quantitative estimate of drug-likeness (QED) is 0.769. The van der Waals surface area contributed by atoms with Crippen molar-refractivity contribution in [2.24, 2.45) is 0 Å². The summed E-state index contributed by atoms with van der Waals surface area (Å²) in [4.78, 5) is 0. The van der Waals surface area contributed by atoms with E-state index in [0.717, 1.165) is 23.0 Å². The molecule has 0 saturated heterocycles. The van der Waals surface area contributed by atoms with Crippen LogP contribution in [0.4, 0.5) is 0 Å². The van der Waals surface area contributed by atoms with Crippen molar-refractivity contribution in [3.63, 3.8) is 0 Å². The van der Waals surface area contributed by atoms with Crippen LogP contribution in [0.2, 0.25) is 0 Å². The van der Waals surface area contributed by atoms with Gasteiger partial charge in [-0.15, -0.1) is 21.5 Å². The van der Waals surface area contributed by atoms with Gasteiger partial charge in [0.2, 0.25) is 0 Å². The molecule has 1 heterocycles. The molecule has 0 amide bonds. The number of ether oxygens (including phenoxy) is 1. The van der Waals surface area contributed by atoms with Crippen molar-refractivity contribution in [1.82, 2.24) is 15.5 Å². The third-order valence-electron chi connectivity index (χ3n) is 1.85. The summed E-state index contributed by atoms with van der Waals surface area (Å²) in [5.41, 5.74) is 0. The van der Waals surface area contributed by atoms with Gasteiger partial charge in [-0.1, -0.05) is 6.92 Å². The molecule has 14 heavy (non-hydrogen) atoms. The Bertz CT molecular complexity index is 258. The van der Waals surface area contributed by atoms with Gasteiger partial charge in [-0.25, -0.2) is 0 Å². The van der Waals surface area contributed by atoms with E-state index in [4.69, 9.17) is 4.74 Å². The summed E-state index contributed by atoms with van der Waals surface area (Å²) in [5, 5.41) is 13.5. The lowest BCUT2D eigenvalue weighted by Crippen LogP contribution is -2.34. The highest BCUT2D eigenvalue weighted by molar-refractivity contribution is 7.11. The van der Waals surface area contributed by atoms with Crippen LogP contribution < -0.4 is 5.32 Å². The molecule has 0 radical (unpaired) electrons. The molecule has 1 unspecified atom stereocenters. The second-order valence-corrected chi connectivity index (χ2v) is 4.40. The second-order valence-electron chi connectivity index (χ2n) is 3.13. The summed E-state index contributed by atoms with van der Waals surface area (Å²) in [6.45, 7) is 5.73. The topological polar surface area (TPSA) is 47.0 Å². The highest BCUT2D eigenvalue weighted by atomic mass is 32.1. The number of nitrogens with zero attached hydrogens (tertiary/aromatic N) is 2. The van der Waals surface area contributed by atoms with Crippen LogP contribution in [-0.2, 0) is 11.2 Å². The molecule has 0 saturated carbocycles. The van der Waals surface area contributed by atoms with Gasteiger partial charge in [0, 0.05) is 19.6 Å². The van der Waals surface area contributed by atoms with E-state index in [2.05, 4.69) is 22.4 Å². The minimum atomic E-state index is 0.345. The van der Waals surface area contributed by atoms with Gasteiger partial charge >= 0.3 is 0 Å². The van der Waals surface area contributed by atoms with Crippen LogP contribution in [0, 0.1) is 6.92 Å². The molecule has 1 aromatic heterocycles. The van der Waals surface area contributed by atoms with Crippen LogP contribution in [0.25, 0.3) is 0 Å². The molecule has 80 valence electrons. The monoisotopic (exact) mass is 215 g/mol. The van der Waals surface area contributed by atoms with Crippen molar-refractivity contribution < 1.29 is 4.74 Å². The zero-order valence-electron chi connectivity index (χ0n) is 8.91. The molecule has 0 bridgehead atoms. The summed E-state index contributed by atoms with van der Waals surface area (Å²) >= 11 is 1.65. The normalized spacial score (nSPS) is 13.1. The Kier molecular flexibility index (Phi) is 5.00. The van der Waals surface area contributed by atoms with Gasteiger partial charge < -0.3 is 10.1 Å². The van der Waals surface area contributed by atoms with Gasteiger partial charge in [0.15, 0.2) is 0 Å². The fourth-order valence-corrected chi connectivity index (χ4v) is 2.10. The Balaban J connectivity index is 2.46. The molecule has 4 nitrogen and oxygen atoms in total. The summed E-state index contributed by atoms with van der Waals surface area (Å²) in [6, 6.07) is 0.345. The maximum Gasteiger partial charge on any atom is 0.119 e. The Labute approximate surface area is 88.7 Å². The maximum atomic E-state index is 5.13. The van der Waals surface area contributed by atoms with Crippen molar-refractivity contribution >= 4 is 11.3 Å². The Hall–Kier alpha value is -0.520. The van der Waals surface area contributed by atoms with E-state index < -0.39 is 0 Å². The fourth-order valence-electron chi connectivity index (χ4n) is 1.31. The molecule has 1 N–H and O–H groups in total. The van der Waals surface area contributed by atoms with Crippen LogP contribution >= 0.6 is 11.3 Å². The largest absolute Gasteiger partial charge is 0.383 e. The van der Waals surface area contributed by atoms with Gasteiger partial charge in [0.1, 0.15) is 10.0 Å². The highest BCUT2D eigenvalue weighted by Crippen LogP contribution is 2.10. The van der Waals surface area contributed by atoms with E-state index in [1.54, 1.807) is 18.4 Å². The minimum absolute atomic E-state index is 0.345. The smallest absolute Gasteiger partial charge is 0.119 e. The lowest BCUT2D eigenvalue weighted by molar-refractivity contribution is 0.167. The predicted molar refractivity (Wildman–Crippen MR) is 57.7 cm³/mol. The molecule has 1 rings (SSSR count). The minimum Gasteiger partial charge on any atom is -0.383 e. The van der Waals surface area contributed by atoms with Gasteiger partial charge in [0.05, 0.1) is 6.61 Å². The second kappa shape index (κ2) is 6.06. The van der Waals surface area contributed by atoms with Crippen molar-refractivity contribution in [1.29, 1.82) is 0 Å². The van der Waals surface area contributed by atoms with Crippen LogP contribution in [0.3, 0.4) is 0 Å². The Morgan fingerprint density at radius 2 is 2.29 bits per heavy atom. The summed E-state index contributed by atoms with van der Waals surface area (Å²) in [5.74, 6) is 0. The standard InChI is InChI=1S/C9H17N3OS/c1-4-10-8(6-13-3)5-9-12-11-7(2)14-9/h8,10H,4-6H2,1-3H3. The lowest BCUT2D eigenvalue weighted by atomic mass is 10.2. The van der Waals surface area contributed by atoms with E-state index in [-0.39, 0.29) is 0 Å². The van der Waals surface area contributed by atoms with Crippen LogP contribution in [-0.4, -0.2) is 36.5 Å². The number of nitrogens with one attached hydrogen (secondary N) is 1. The third-order valence-corrected chi connectivity index (χ3v) is 2.71. The van der Waals surface area contributed by atoms with Gasteiger partial charge in [-0.3, -0.25) is 0 Å². The van der Waals surface area contributed by atoms with Crippen molar-refractivity contribution in [3.05, 3.63) is 10.0 Å². The fraction of sp³-hybridized carbons (Fsp3) is 0.778. The van der Waals surface area contributed by atoms with Gasteiger partial charge in [-0.05, 0) is 13.5 Å². The molecule has 1 atom stereocenters. The zero-order valence-corrected chi connectivity index (χ0v) is 9.73. The molecule has 0 spiro atoms. The number of methoxy groups -OCH3 is 1. The summed E-state index contributed by atoms with van der Waals surface area (Å²) < 4.78 is 5.13.